The van der Waals surface area contributed by atoms with Crippen LogP contribution in [-0.2, 0) is 10.2 Å². The molecule has 3 aliphatic heterocycles. The van der Waals surface area contributed by atoms with Gasteiger partial charge in [-0.25, -0.2) is 4.39 Å². The first kappa shape index (κ1) is 25.0. The van der Waals surface area contributed by atoms with Gasteiger partial charge >= 0.3 is 0 Å². The zero-order valence-electron chi connectivity index (χ0n) is 22.1. The van der Waals surface area contributed by atoms with Gasteiger partial charge in [-0.3, -0.25) is 14.4 Å². The maximum Gasteiger partial charge on any atom is 0.238 e. The highest BCUT2D eigenvalue weighted by atomic mass is 19.1. The normalized spacial score (nSPS) is 23.5. The Bertz CT molecular complexity index is 1780. The Balaban J connectivity index is 1.54. The van der Waals surface area contributed by atoms with Gasteiger partial charge in [0.15, 0.2) is 11.6 Å². The number of nitrogens with zero attached hydrogens (tertiary/aromatic N) is 1. The SMILES string of the molecule is COc1cccc(C(=O)[C@@H]2[C@H](C(=O)c3ccccc3F)[C@@]3(C(=O)Nc4ccccc43)[C@@H]3C=Cc4ccccc4N23)c1. The van der Waals surface area contributed by atoms with Crippen molar-refractivity contribution in [2.24, 2.45) is 5.92 Å². The van der Waals surface area contributed by atoms with Gasteiger partial charge in [-0.15, -0.1) is 0 Å². The molecule has 3 heterocycles. The van der Waals surface area contributed by atoms with Gasteiger partial charge in [0.1, 0.15) is 23.0 Å². The van der Waals surface area contributed by atoms with E-state index in [0.717, 1.165) is 11.3 Å². The van der Waals surface area contributed by atoms with Crippen LogP contribution in [0.15, 0.2) is 103 Å². The lowest BCUT2D eigenvalue weighted by molar-refractivity contribution is -0.121. The molecule has 0 saturated carbocycles. The number of halogens is 1. The molecule has 4 aromatic rings. The highest BCUT2D eigenvalue weighted by molar-refractivity contribution is 6.18. The molecule has 1 N–H and O–H groups in total. The van der Waals surface area contributed by atoms with Gasteiger partial charge in [-0.05, 0) is 47.5 Å². The molecule has 0 bridgehead atoms. The number of amides is 1. The molecule has 41 heavy (non-hydrogen) atoms. The fraction of sp³-hybridized carbons (Fsp3) is 0.147. The minimum atomic E-state index is -1.50. The van der Waals surface area contributed by atoms with Crippen molar-refractivity contribution in [2.45, 2.75) is 17.5 Å². The van der Waals surface area contributed by atoms with E-state index in [1.165, 1.54) is 25.3 Å². The topological polar surface area (TPSA) is 75.7 Å². The van der Waals surface area contributed by atoms with E-state index in [1.54, 1.807) is 36.4 Å². The van der Waals surface area contributed by atoms with Crippen LogP contribution in [0.25, 0.3) is 6.08 Å². The number of benzene rings is 4. The molecule has 7 rings (SSSR count). The molecule has 3 aliphatic rings. The maximum absolute atomic E-state index is 15.3. The number of ketones is 2. The summed E-state index contributed by atoms with van der Waals surface area (Å²) >= 11 is 0. The standard InChI is InChI=1S/C34H25FN2O4/c1-41-22-11-8-10-21(19-22)31(38)30-29(32(39)23-12-3-5-14-25(23)35)34(24-13-4-6-15-26(24)36-33(34)40)28-18-17-20-9-2-7-16-27(20)37(28)30/h2-19,28-30H,1H3,(H,36,40)/t28-,29+,30-,34-/m0/s1. The second-order valence-corrected chi connectivity index (χ2v) is 10.5. The van der Waals surface area contributed by atoms with Crippen molar-refractivity contribution in [3.63, 3.8) is 0 Å². The summed E-state index contributed by atoms with van der Waals surface area (Å²) in [6, 6.07) is 25.5. The van der Waals surface area contributed by atoms with E-state index in [-0.39, 0.29) is 11.3 Å². The Morgan fingerprint density at radius 2 is 1.66 bits per heavy atom. The van der Waals surface area contributed by atoms with E-state index in [0.29, 0.717) is 22.6 Å². The van der Waals surface area contributed by atoms with Gasteiger partial charge in [-0.2, -0.15) is 0 Å². The summed E-state index contributed by atoms with van der Waals surface area (Å²) in [6.07, 6.45) is 3.82. The quantitative estimate of drug-likeness (QED) is 0.327. The number of methoxy groups -OCH3 is 1. The first-order valence-electron chi connectivity index (χ1n) is 13.4. The molecule has 1 saturated heterocycles. The third-order valence-electron chi connectivity index (χ3n) is 8.59. The molecule has 0 aliphatic carbocycles. The van der Waals surface area contributed by atoms with Crippen LogP contribution in [0.1, 0.15) is 31.8 Å². The average molecular weight is 545 g/mol. The van der Waals surface area contributed by atoms with Crippen LogP contribution in [0.3, 0.4) is 0 Å². The number of carbonyl (C=O) groups is 3. The van der Waals surface area contributed by atoms with Crippen molar-refractivity contribution in [2.75, 3.05) is 17.3 Å². The summed E-state index contributed by atoms with van der Waals surface area (Å²) in [4.78, 5) is 45.5. The Labute approximate surface area is 236 Å². The fourth-order valence-electron chi connectivity index (χ4n) is 6.90. The van der Waals surface area contributed by atoms with E-state index in [2.05, 4.69) is 5.32 Å². The lowest BCUT2D eigenvalue weighted by Crippen LogP contribution is -2.51. The van der Waals surface area contributed by atoms with Crippen LogP contribution in [0, 0.1) is 11.7 Å². The lowest BCUT2D eigenvalue weighted by Gasteiger charge is -2.37. The fourth-order valence-corrected chi connectivity index (χ4v) is 6.90. The van der Waals surface area contributed by atoms with E-state index >= 15 is 4.39 Å². The number of hydrogen-bond donors (Lipinski definition) is 1. The number of fused-ring (bicyclic) bond motifs is 6. The number of rotatable bonds is 5. The molecule has 0 aromatic heterocycles. The average Bonchev–Trinajstić information content (AvgIpc) is 3.49. The van der Waals surface area contributed by atoms with Crippen molar-refractivity contribution >= 4 is 34.9 Å². The Morgan fingerprint density at radius 3 is 2.49 bits per heavy atom. The molecule has 0 unspecified atom stereocenters. The number of hydrogen-bond acceptors (Lipinski definition) is 5. The Morgan fingerprint density at radius 1 is 0.902 bits per heavy atom. The molecule has 7 heteroatoms. The summed E-state index contributed by atoms with van der Waals surface area (Å²) in [5, 5.41) is 2.98. The number of Topliss-reactive ketones (excluding diaryl/α,β-unsaturated/α-hetero) is 2. The van der Waals surface area contributed by atoms with Gasteiger partial charge in [-0.1, -0.05) is 72.8 Å². The maximum atomic E-state index is 15.3. The Hall–Kier alpha value is -5.04. The molecule has 4 aromatic carbocycles. The van der Waals surface area contributed by atoms with Crippen molar-refractivity contribution in [1.29, 1.82) is 0 Å². The van der Waals surface area contributed by atoms with Crippen LogP contribution < -0.4 is 15.0 Å². The van der Waals surface area contributed by atoms with Crippen molar-refractivity contribution in [1.82, 2.24) is 0 Å². The third kappa shape index (κ3) is 3.45. The predicted molar refractivity (Wildman–Crippen MR) is 154 cm³/mol. The molecule has 202 valence electrons. The van der Waals surface area contributed by atoms with Gasteiger partial charge in [0.2, 0.25) is 5.91 Å². The largest absolute Gasteiger partial charge is 0.497 e. The zero-order chi connectivity index (χ0) is 28.3. The number of nitrogens with one attached hydrogen (secondary N) is 1. The first-order chi connectivity index (χ1) is 20.0. The van der Waals surface area contributed by atoms with Crippen molar-refractivity contribution in [3.8, 4) is 5.75 Å². The minimum absolute atomic E-state index is 0.158. The molecular formula is C34H25FN2O4. The molecule has 1 fully saturated rings. The molecule has 0 radical (unpaired) electrons. The second-order valence-electron chi connectivity index (χ2n) is 10.5. The van der Waals surface area contributed by atoms with E-state index in [9.17, 15) is 14.4 Å². The van der Waals surface area contributed by atoms with E-state index < -0.39 is 40.9 Å². The Kier molecular flexibility index (Phi) is 5.64. The number of para-hydroxylation sites is 2. The number of carbonyl (C=O) groups excluding carboxylic acids is 3. The summed E-state index contributed by atoms with van der Waals surface area (Å²) < 4.78 is 20.7. The van der Waals surface area contributed by atoms with Crippen LogP contribution in [-0.4, -0.2) is 36.7 Å². The summed E-state index contributed by atoms with van der Waals surface area (Å²) in [7, 11) is 1.51. The molecule has 4 atom stereocenters. The van der Waals surface area contributed by atoms with Gasteiger partial charge in [0, 0.05) is 16.9 Å². The molecule has 6 nitrogen and oxygen atoms in total. The summed E-state index contributed by atoms with van der Waals surface area (Å²) in [6.45, 7) is 0. The zero-order valence-corrected chi connectivity index (χ0v) is 22.1. The van der Waals surface area contributed by atoms with E-state index in [1.807, 2.05) is 59.5 Å². The molecule has 1 amide bonds. The highest BCUT2D eigenvalue weighted by Crippen LogP contribution is 2.58. The van der Waals surface area contributed by atoms with E-state index in [4.69, 9.17) is 4.74 Å². The molecular weight excluding hydrogens is 519 g/mol. The van der Waals surface area contributed by atoms with Crippen LogP contribution in [0.5, 0.6) is 5.75 Å². The third-order valence-corrected chi connectivity index (χ3v) is 8.59. The first-order valence-corrected chi connectivity index (χ1v) is 13.4. The van der Waals surface area contributed by atoms with Gasteiger partial charge < -0.3 is 15.0 Å². The van der Waals surface area contributed by atoms with Gasteiger partial charge in [0.05, 0.1) is 24.6 Å². The van der Waals surface area contributed by atoms with Crippen LogP contribution >= 0.6 is 0 Å². The smallest absolute Gasteiger partial charge is 0.238 e. The lowest BCUT2D eigenvalue weighted by atomic mass is 9.64. The van der Waals surface area contributed by atoms with Gasteiger partial charge in [0.25, 0.3) is 0 Å². The predicted octanol–water partition coefficient (Wildman–Crippen LogP) is 5.69. The number of ether oxygens (including phenoxy) is 1. The second kappa shape index (κ2) is 9.27. The van der Waals surface area contributed by atoms with Crippen molar-refractivity contribution in [3.05, 3.63) is 131 Å². The number of anilines is 2. The highest BCUT2D eigenvalue weighted by Gasteiger charge is 2.70. The monoisotopic (exact) mass is 544 g/mol. The minimum Gasteiger partial charge on any atom is -0.497 e. The summed E-state index contributed by atoms with van der Waals surface area (Å²) in [5.74, 6) is -2.82. The molecule has 1 spiro atoms. The summed E-state index contributed by atoms with van der Waals surface area (Å²) in [5.41, 5.74) is 1.43. The van der Waals surface area contributed by atoms with Crippen LogP contribution in [0.2, 0.25) is 0 Å². The van der Waals surface area contributed by atoms with Crippen LogP contribution in [0.4, 0.5) is 15.8 Å². The van der Waals surface area contributed by atoms with Crippen molar-refractivity contribution < 1.29 is 23.5 Å².